The van der Waals surface area contributed by atoms with Gasteiger partial charge in [0.15, 0.2) is 5.78 Å². The number of nitrogens with one attached hydrogen (secondary N) is 1. The average Bonchev–Trinajstić information content (AvgIpc) is 3.09. The third-order valence-electron chi connectivity index (χ3n) is 3.37. The maximum absolute atomic E-state index is 12.4. The van der Waals surface area contributed by atoms with E-state index in [1.54, 1.807) is 53.2 Å². The molecule has 0 saturated heterocycles. The smallest absolute Gasteiger partial charge is 0.221 e. The summed E-state index contributed by atoms with van der Waals surface area (Å²) in [6, 6.07) is 13.8. The van der Waals surface area contributed by atoms with Crippen LogP contribution in [0.5, 0.6) is 0 Å². The summed E-state index contributed by atoms with van der Waals surface area (Å²) in [6.45, 7) is 1.43. The Balaban J connectivity index is 1.66. The largest absolute Gasteiger partial charge is 0.326 e. The first-order valence-electron chi connectivity index (χ1n) is 7.61. The molecular weight excluding hydrogens is 374 g/mol. The number of amides is 1. The van der Waals surface area contributed by atoms with Crippen LogP contribution in [0, 0.1) is 0 Å². The number of halogens is 1. The summed E-state index contributed by atoms with van der Waals surface area (Å²) in [6.07, 6.45) is 0. The number of anilines is 1. The second-order valence-electron chi connectivity index (χ2n) is 5.32. The molecule has 0 unspecified atom stereocenters. The highest BCUT2D eigenvalue weighted by molar-refractivity contribution is 7.99. The van der Waals surface area contributed by atoms with E-state index in [0.29, 0.717) is 21.4 Å². The monoisotopic (exact) mass is 387 g/mol. The Labute approximate surface area is 158 Å². The van der Waals surface area contributed by atoms with Gasteiger partial charge in [-0.3, -0.25) is 9.59 Å². The third-order valence-corrected chi connectivity index (χ3v) is 4.54. The molecule has 0 radical (unpaired) electrons. The highest BCUT2D eigenvalue weighted by Crippen LogP contribution is 2.21. The summed E-state index contributed by atoms with van der Waals surface area (Å²) < 4.78 is 1.55. The lowest BCUT2D eigenvalue weighted by Crippen LogP contribution is -2.07. The maximum atomic E-state index is 12.4. The number of hydrogen-bond acceptors (Lipinski definition) is 6. The normalized spacial score (nSPS) is 10.5. The SMILES string of the molecule is CC(=O)Nc1ccc(C(=O)CSc2nnnn2-c2ccc(Cl)cc2)cc1. The summed E-state index contributed by atoms with van der Waals surface area (Å²) in [7, 11) is 0. The third kappa shape index (κ3) is 4.47. The van der Waals surface area contributed by atoms with Gasteiger partial charge in [-0.25, -0.2) is 0 Å². The molecule has 132 valence electrons. The van der Waals surface area contributed by atoms with Crippen LogP contribution < -0.4 is 5.32 Å². The van der Waals surface area contributed by atoms with Gasteiger partial charge in [0.05, 0.1) is 11.4 Å². The molecule has 1 heterocycles. The fourth-order valence-corrected chi connectivity index (χ4v) is 3.08. The Morgan fingerprint density at radius 2 is 1.81 bits per heavy atom. The molecule has 3 rings (SSSR count). The number of hydrogen-bond donors (Lipinski definition) is 1. The number of carbonyl (C=O) groups excluding carboxylic acids is 2. The standard InChI is InChI=1S/C17H14ClN5O2S/c1-11(24)19-14-6-2-12(3-7-14)16(25)10-26-17-20-21-22-23(17)15-8-4-13(18)5-9-15/h2-9H,10H2,1H3,(H,19,24). The zero-order valence-electron chi connectivity index (χ0n) is 13.7. The first-order valence-corrected chi connectivity index (χ1v) is 8.97. The van der Waals surface area contributed by atoms with Crippen molar-refractivity contribution in [1.29, 1.82) is 0 Å². The van der Waals surface area contributed by atoms with Gasteiger partial charge in [-0.2, -0.15) is 4.68 Å². The number of ketones is 1. The highest BCUT2D eigenvalue weighted by atomic mass is 35.5. The number of rotatable bonds is 6. The number of benzene rings is 2. The topological polar surface area (TPSA) is 89.8 Å². The molecule has 0 bridgehead atoms. The van der Waals surface area contributed by atoms with Gasteiger partial charge in [0.2, 0.25) is 11.1 Å². The summed E-state index contributed by atoms with van der Waals surface area (Å²) in [4.78, 5) is 23.4. The van der Waals surface area contributed by atoms with Crippen LogP contribution in [0.3, 0.4) is 0 Å². The Kier molecular flexibility index (Phi) is 5.65. The van der Waals surface area contributed by atoms with Crippen molar-refractivity contribution in [2.24, 2.45) is 0 Å². The second-order valence-corrected chi connectivity index (χ2v) is 6.70. The quantitative estimate of drug-likeness (QED) is 0.515. The lowest BCUT2D eigenvalue weighted by Gasteiger charge is -2.05. The fraction of sp³-hybridized carbons (Fsp3) is 0.118. The van der Waals surface area contributed by atoms with E-state index in [2.05, 4.69) is 20.8 Å². The van der Waals surface area contributed by atoms with E-state index >= 15 is 0 Å². The van der Waals surface area contributed by atoms with E-state index in [0.717, 1.165) is 5.69 Å². The summed E-state index contributed by atoms with van der Waals surface area (Å²) >= 11 is 7.13. The van der Waals surface area contributed by atoms with Gasteiger partial charge in [-0.1, -0.05) is 23.4 Å². The average molecular weight is 388 g/mol. The van der Waals surface area contributed by atoms with E-state index in [1.165, 1.54) is 18.7 Å². The Hall–Kier alpha value is -2.71. The van der Waals surface area contributed by atoms with Crippen molar-refractivity contribution in [3.63, 3.8) is 0 Å². The minimum atomic E-state index is -0.159. The molecule has 0 aliphatic carbocycles. The molecule has 1 N–H and O–H groups in total. The molecule has 3 aromatic rings. The minimum absolute atomic E-state index is 0.0602. The fourth-order valence-electron chi connectivity index (χ4n) is 2.17. The van der Waals surface area contributed by atoms with Crippen LogP contribution >= 0.6 is 23.4 Å². The lowest BCUT2D eigenvalue weighted by atomic mass is 10.1. The molecule has 7 nitrogen and oxygen atoms in total. The molecule has 0 aliphatic rings. The first kappa shape index (κ1) is 18.1. The number of tetrazole rings is 1. The van der Waals surface area contributed by atoms with Crippen molar-refractivity contribution < 1.29 is 9.59 Å². The second kappa shape index (κ2) is 8.11. The van der Waals surface area contributed by atoms with Crippen molar-refractivity contribution in [3.05, 3.63) is 59.1 Å². The van der Waals surface area contributed by atoms with Crippen LogP contribution in [-0.4, -0.2) is 37.7 Å². The number of carbonyl (C=O) groups is 2. The maximum Gasteiger partial charge on any atom is 0.221 e. The molecule has 1 aromatic heterocycles. The van der Waals surface area contributed by atoms with Crippen LogP contribution in [-0.2, 0) is 4.79 Å². The predicted octanol–water partition coefficient (Wildman–Crippen LogP) is 3.25. The molecule has 2 aromatic carbocycles. The van der Waals surface area contributed by atoms with Crippen molar-refractivity contribution in [2.45, 2.75) is 12.1 Å². The van der Waals surface area contributed by atoms with Crippen molar-refractivity contribution in [3.8, 4) is 5.69 Å². The molecule has 0 atom stereocenters. The first-order chi connectivity index (χ1) is 12.5. The molecule has 0 fully saturated rings. The Morgan fingerprint density at radius 3 is 2.46 bits per heavy atom. The molecule has 1 amide bonds. The van der Waals surface area contributed by atoms with Crippen LogP contribution in [0.4, 0.5) is 5.69 Å². The zero-order valence-corrected chi connectivity index (χ0v) is 15.3. The van der Waals surface area contributed by atoms with Crippen LogP contribution in [0.25, 0.3) is 5.69 Å². The molecule has 0 saturated carbocycles. The summed E-state index contributed by atoms with van der Waals surface area (Å²) in [5.74, 6) is -0.0309. The lowest BCUT2D eigenvalue weighted by molar-refractivity contribution is -0.114. The molecule has 0 aliphatic heterocycles. The number of thioether (sulfide) groups is 1. The predicted molar refractivity (Wildman–Crippen MR) is 100.0 cm³/mol. The summed E-state index contributed by atoms with van der Waals surface area (Å²) in [5.41, 5.74) is 1.96. The summed E-state index contributed by atoms with van der Waals surface area (Å²) in [5, 5.41) is 15.4. The highest BCUT2D eigenvalue weighted by Gasteiger charge is 2.13. The van der Waals surface area contributed by atoms with Crippen LogP contribution in [0.1, 0.15) is 17.3 Å². The van der Waals surface area contributed by atoms with Crippen molar-refractivity contribution in [1.82, 2.24) is 20.2 Å². The van der Waals surface area contributed by atoms with Crippen molar-refractivity contribution >= 4 is 40.7 Å². The van der Waals surface area contributed by atoms with Gasteiger partial charge >= 0.3 is 0 Å². The molecular formula is C17H14ClN5O2S. The minimum Gasteiger partial charge on any atom is -0.326 e. The number of nitrogens with zero attached hydrogens (tertiary/aromatic N) is 4. The van der Waals surface area contributed by atoms with E-state index in [1.807, 2.05) is 0 Å². The van der Waals surface area contributed by atoms with E-state index in [-0.39, 0.29) is 17.4 Å². The van der Waals surface area contributed by atoms with E-state index in [9.17, 15) is 9.59 Å². The van der Waals surface area contributed by atoms with Gasteiger partial charge in [-0.05, 0) is 59.0 Å². The van der Waals surface area contributed by atoms with Gasteiger partial charge in [-0.15, -0.1) is 5.10 Å². The molecule has 9 heteroatoms. The van der Waals surface area contributed by atoms with Gasteiger partial charge in [0.25, 0.3) is 0 Å². The number of Topliss-reactive ketones (excluding diaryl/α,β-unsaturated/α-hetero) is 1. The van der Waals surface area contributed by atoms with Gasteiger partial charge in [0, 0.05) is 23.2 Å². The van der Waals surface area contributed by atoms with Crippen LogP contribution in [0.15, 0.2) is 53.7 Å². The van der Waals surface area contributed by atoms with Gasteiger partial charge in [0.1, 0.15) is 0 Å². The molecule has 0 spiro atoms. The van der Waals surface area contributed by atoms with E-state index < -0.39 is 0 Å². The van der Waals surface area contributed by atoms with Gasteiger partial charge < -0.3 is 5.32 Å². The Morgan fingerprint density at radius 1 is 1.12 bits per heavy atom. The van der Waals surface area contributed by atoms with E-state index in [4.69, 9.17) is 11.6 Å². The Bertz CT molecular complexity index is 925. The molecule has 26 heavy (non-hydrogen) atoms. The van der Waals surface area contributed by atoms with Crippen LogP contribution in [0.2, 0.25) is 5.02 Å². The van der Waals surface area contributed by atoms with Crippen molar-refractivity contribution in [2.75, 3.05) is 11.1 Å². The number of aromatic nitrogens is 4. The zero-order chi connectivity index (χ0) is 18.5.